The van der Waals surface area contributed by atoms with E-state index in [1.54, 1.807) is 5.57 Å². The number of aromatic nitrogens is 1. The molecule has 188 valence electrons. The molecule has 2 unspecified atom stereocenters. The molecule has 1 aromatic heterocycles. The minimum Gasteiger partial charge on any atom is -0.357 e. The number of allylic oxidation sites excluding steroid dienone is 5. The van der Waals surface area contributed by atoms with Crippen LogP contribution in [0.2, 0.25) is 0 Å². The number of nitrogens with zero attached hydrogens (tertiary/aromatic N) is 4. The first-order valence-electron chi connectivity index (χ1n) is 13.7. The second-order valence-corrected chi connectivity index (χ2v) is 10.7. The van der Waals surface area contributed by atoms with Crippen molar-refractivity contribution in [1.82, 2.24) is 9.88 Å². The monoisotopic (exact) mass is 488 g/mol. The summed E-state index contributed by atoms with van der Waals surface area (Å²) in [4.78, 5) is 14.6. The highest BCUT2D eigenvalue weighted by molar-refractivity contribution is 6.03. The Morgan fingerprint density at radius 1 is 0.973 bits per heavy atom. The summed E-state index contributed by atoms with van der Waals surface area (Å²) in [7, 11) is 2.20. The largest absolute Gasteiger partial charge is 0.357 e. The zero-order valence-corrected chi connectivity index (χ0v) is 21.8. The first kappa shape index (κ1) is 23.9. The average Bonchev–Trinajstić information content (AvgIpc) is 3.29. The number of rotatable bonds is 7. The van der Waals surface area contributed by atoms with E-state index in [4.69, 9.17) is 4.98 Å². The zero-order valence-electron chi connectivity index (χ0n) is 21.8. The minimum absolute atomic E-state index is 0.394. The number of likely N-dealkylation sites (N-methyl/N-ethyl adjacent to an activating group) is 1. The predicted molar refractivity (Wildman–Crippen MR) is 155 cm³/mol. The summed E-state index contributed by atoms with van der Waals surface area (Å²) in [6, 6.07) is 21.9. The first-order chi connectivity index (χ1) is 18.2. The molecule has 1 fully saturated rings. The maximum atomic E-state index is 5.14. The predicted octanol–water partition coefficient (Wildman–Crippen LogP) is 6.60. The van der Waals surface area contributed by atoms with Gasteiger partial charge < -0.3 is 9.80 Å². The Hall–Kier alpha value is -3.50. The molecule has 2 atom stereocenters. The molecule has 0 amide bonds. The lowest BCUT2D eigenvalue weighted by molar-refractivity contribution is 0.331. The summed E-state index contributed by atoms with van der Waals surface area (Å²) >= 11 is 0. The number of benzene rings is 2. The van der Waals surface area contributed by atoms with Gasteiger partial charge in [0.15, 0.2) is 0 Å². The first-order valence-corrected chi connectivity index (χ1v) is 13.7. The molecule has 0 bridgehead atoms. The Balaban J connectivity index is 1.11. The van der Waals surface area contributed by atoms with Crippen LogP contribution < -0.4 is 4.90 Å². The number of anilines is 1. The lowest BCUT2D eigenvalue weighted by Crippen LogP contribution is -2.26. The van der Waals surface area contributed by atoms with Gasteiger partial charge in [0.25, 0.3) is 0 Å². The molecule has 3 aromatic rings. The van der Waals surface area contributed by atoms with E-state index in [0.29, 0.717) is 11.8 Å². The molecule has 2 aromatic carbocycles. The fourth-order valence-electron chi connectivity index (χ4n) is 6.01. The van der Waals surface area contributed by atoms with Crippen LogP contribution in [0.3, 0.4) is 0 Å². The highest BCUT2D eigenvalue weighted by atomic mass is 15.2. The van der Waals surface area contributed by atoms with Crippen molar-refractivity contribution in [2.24, 2.45) is 16.8 Å². The molecule has 6 rings (SSSR count). The van der Waals surface area contributed by atoms with E-state index < -0.39 is 0 Å². The second kappa shape index (κ2) is 10.9. The van der Waals surface area contributed by atoms with Crippen LogP contribution in [-0.4, -0.2) is 42.3 Å². The van der Waals surface area contributed by atoms with E-state index in [1.165, 1.54) is 41.5 Å². The number of fused-ring (bicyclic) bond motifs is 2. The molecule has 0 N–H and O–H groups in total. The van der Waals surface area contributed by atoms with Crippen molar-refractivity contribution < 1.29 is 0 Å². The summed E-state index contributed by atoms with van der Waals surface area (Å²) in [5, 5.41) is 1.22. The summed E-state index contributed by atoms with van der Waals surface area (Å²) < 4.78 is 0. The number of pyridine rings is 1. The third-order valence-electron chi connectivity index (χ3n) is 8.08. The highest BCUT2D eigenvalue weighted by Gasteiger charge is 2.29. The van der Waals surface area contributed by atoms with E-state index in [9.17, 15) is 0 Å². The Kier molecular flexibility index (Phi) is 7.00. The maximum Gasteiger partial charge on any atom is 0.129 e. The summed E-state index contributed by atoms with van der Waals surface area (Å²) in [6.45, 7) is 4.13. The van der Waals surface area contributed by atoms with Crippen molar-refractivity contribution in [2.45, 2.75) is 32.2 Å². The van der Waals surface area contributed by atoms with E-state index in [2.05, 4.69) is 107 Å². The van der Waals surface area contributed by atoms with E-state index in [0.717, 1.165) is 43.9 Å². The SMILES string of the molecule is CN(CCc1ccc2ccc(N3CCCC(C4=CC=CC5=NC=CC45)CC3)nc2c1)Cc1ccccc1. The summed E-state index contributed by atoms with van der Waals surface area (Å²) in [6.07, 6.45) is 15.5. The van der Waals surface area contributed by atoms with Crippen molar-refractivity contribution >= 4 is 22.4 Å². The highest BCUT2D eigenvalue weighted by Crippen LogP contribution is 2.36. The lowest BCUT2D eigenvalue weighted by atomic mass is 9.79. The molecule has 3 aliphatic rings. The van der Waals surface area contributed by atoms with Gasteiger partial charge in [-0.1, -0.05) is 66.3 Å². The Morgan fingerprint density at radius 2 is 1.86 bits per heavy atom. The lowest BCUT2D eigenvalue weighted by Gasteiger charge is -2.26. The quantitative estimate of drug-likeness (QED) is 0.376. The molecule has 1 saturated heterocycles. The van der Waals surface area contributed by atoms with Crippen LogP contribution in [0, 0.1) is 11.8 Å². The Labute approximate surface area is 220 Å². The van der Waals surface area contributed by atoms with Crippen LogP contribution in [0.1, 0.15) is 30.4 Å². The topological polar surface area (TPSA) is 31.7 Å². The van der Waals surface area contributed by atoms with Gasteiger partial charge >= 0.3 is 0 Å². The molecular weight excluding hydrogens is 452 g/mol. The minimum atomic E-state index is 0.394. The second-order valence-electron chi connectivity index (χ2n) is 10.7. The van der Waals surface area contributed by atoms with Gasteiger partial charge in [-0.25, -0.2) is 4.98 Å². The third kappa shape index (κ3) is 5.45. The molecule has 0 saturated carbocycles. The van der Waals surface area contributed by atoms with E-state index in [-0.39, 0.29) is 0 Å². The molecule has 37 heavy (non-hydrogen) atoms. The average molecular weight is 489 g/mol. The van der Waals surface area contributed by atoms with Gasteiger partial charge in [-0.2, -0.15) is 0 Å². The van der Waals surface area contributed by atoms with Gasteiger partial charge in [0.2, 0.25) is 0 Å². The van der Waals surface area contributed by atoms with Gasteiger partial charge in [0.1, 0.15) is 5.82 Å². The van der Waals surface area contributed by atoms with Crippen molar-refractivity contribution in [2.75, 3.05) is 31.6 Å². The number of hydrogen-bond donors (Lipinski definition) is 0. The van der Waals surface area contributed by atoms with Crippen LogP contribution >= 0.6 is 0 Å². The number of hydrogen-bond acceptors (Lipinski definition) is 4. The Bertz CT molecular complexity index is 1370. The summed E-state index contributed by atoms with van der Waals surface area (Å²) in [5.74, 6) is 2.13. The van der Waals surface area contributed by atoms with Crippen molar-refractivity contribution in [1.29, 1.82) is 0 Å². The number of aliphatic imine (C=N–C) groups is 1. The van der Waals surface area contributed by atoms with Crippen molar-refractivity contribution in [3.8, 4) is 0 Å². The molecule has 2 aliphatic heterocycles. The van der Waals surface area contributed by atoms with Gasteiger partial charge in [-0.05, 0) is 74.1 Å². The van der Waals surface area contributed by atoms with Gasteiger partial charge in [0.05, 0.1) is 11.2 Å². The van der Waals surface area contributed by atoms with Crippen LogP contribution in [0.4, 0.5) is 5.82 Å². The third-order valence-corrected chi connectivity index (χ3v) is 8.08. The van der Waals surface area contributed by atoms with Crippen LogP contribution in [0.15, 0.2) is 102 Å². The molecule has 4 heteroatoms. The smallest absolute Gasteiger partial charge is 0.129 e. The fraction of sp³-hybridized carbons (Fsp3) is 0.333. The zero-order chi connectivity index (χ0) is 25.0. The van der Waals surface area contributed by atoms with Gasteiger partial charge in [-0.15, -0.1) is 0 Å². The van der Waals surface area contributed by atoms with Crippen molar-refractivity contribution in [3.05, 3.63) is 108 Å². The van der Waals surface area contributed by atoms with E-state index >= 15 is 0 Å². The van der Waals surface area contributed by atoms with E-state index in [1.807, 2.05) is 6.20 Å². The molecular formula is C33H36N4. The molecule has 0 radical (unpaired) electrons. The Morgan fingerprint density at radius 3 is 2.78 bits per heavy atom. The van der Waals surface area contributed by atoms with Gasteiger partial charge in [-0.3, -0.25) is 4.99 Å². The van der Waals surface area contributed by atoms with Gasteiger partial charge in [0, 0.05) is 43.7 Å². The standard InChI is InChI=1S/C33H36N4/c1-36(24-26-7-3-2-4-8-26)21-17-25-12-13-28-14-15-33(35-32(28)23-25)37-20-6-9-27(18-22-37)29-10-5-11-31-30(29)16-19-34-31/h2-5,7-8,10-16,19,23,27,30H,6,9,17-18,20-22,24H2,1H3. The fourth-order valence-corrected chi connectivity index (χ4v) is 6.01. The summed E-state index contributed by atoms with van der Waals surface area (Å²) in [5.41, 5.74) is 6.58. The van der Waals surface area contributed by atoms with Crippen molar-refractivity contribution in [3.63, 3.8) is 0 Å². The normalized spacial score (nSPS) is 21.2. The van der Waals surface area contributed by atoms with Crippen LogP contribution in [0.5, 0.6) is 0 Å². The van der Waals surface area contributed by atoms with Crippen LogP contribution in [-0.2, 0) is 13.0 Å². The van der Waals surface area contributed by atoms with Crippen LogP contribution in [0.25, 0.3) is 10.9 Å². The molecule has 3 heterocycles. The maximum absolute atomic E-state index is 5.14. The molecule has 1 aliphatic carbocycles. The molecule has 0 spiro atoms. The molecule has 4 nitrogen and oxygen atoms in total.